The number of hydrogen-bond donors (Lipinski definition) is 0. The zero-order chi connectivity index (χ0) is 18.7. The Hall–Kier alpha value is -2.75. The van der Waals surface area contributed by atoms with Crippen LogP contribution in [0.4, 0.5) is 22.0 Å². The van der Waals surface area contributed by atoms with E-state index in [0.717, 1.165) is 0 Å². The van der Waals surface area contributed by atoms with E-state index in [2.05, 4.69) is 0 Å². The summed E-state index contributed by atoms with van der Waals surface area (Å²) in [6.07, 6.45) is -5.67. The number of ketones is 1. The Morgan fingerprint density at radius 1 is 0.960 bits per heavy atom. The van der Waals surface area contributed by atoms with Crippen molar-refractivity contribution < 1.29 is 26.7 Å². The molecular weight excluding hydrogens is 341 g/mol. The van der Waals surface area contributed by atoms with Crippen LogP contribution in [0.25, 0.3) is 0 Å². The molecule has 0 spiro atoms. The van der Waals surface area contributed by atoms with Gasteiger partial charge in [0.2, 0.25) is 5.78 Å². The van der Waals surface area contributed by atoms with Crippen molar-refractivity contribution in [1.29, 1.82) is 5.26 Å². The molecule has 0 N–H and O–H groups in total. The first-order valence-electron chi connectivity index (χ1n) is 7.19. The number of hydrogen-bond acceptors (Lipinski definition) is 2. The van der Waals surface area contributed by atoms with E-state index in [1.807, 2.05) is 0 Å². The number of Topliss-reactive ketones (excluding diaryl/α,β-unsaturated/α-hetero) is 1. The summed E-state index contributed by atoms with van der Waals surface area (Å²) in [5.74, 6) is -6.71. The summed E-state index contributed by atoms with van der Waals surface area (Å²) in [5, 5.41) is 9.10. The van der Waals surface area contributed by atoms with Crippen molar-refractivity contribution >= 4 is 5.78 Å². The fourth-order valence-electron chi connectivity index (χ4n) is 2.29. The van der Waals surface area contributed by atoms with Gasteiger partial charge in [-0.1, -0.05) is 42.5 Å². The summed E-state index contributed by atoms with van der Waals surface area (Å²) in [6.45, 7) is 0. The molecule has 2 aromatic rings. The van der Waals surface area contributed by atoms with Crippen molar-refractivity contribution in [2.45, 2.75) is 24.4 Å². The highest BCUT2D eigenvalue weighted by Crippen LogP contribution is 2.34. The van der Waals surface area contributed by atoms with Crippen molar-refractivity contribution in [2.75, 3.05) is 0 Å². The van der Waals surface area contributed by atoms with E-state index in [9.17, 15) is 26.7 Å². The van der Waals surface area contributed by atoms with Gasteiger partial charge in [-0.05, 0) is 17.7 Å². The normalized spacial score (nSPS) is 13.1. The van der Waals surface area contributed by atoms with Crippen LogP contribution in [-0.4, -0.2) is 11.7 Å². The molecule has 130 valence electrons. The van der Waals surface area contributed by atoms with Gasteiger partial charge < -0.3 is 0 Å². The Kier molecular flexibility index (Phi) is 5.21. The molecule has 0 saturated carbocycles. The van der Waals surface area contributed by atoms with Crippen LogP contribution in [0.15, 0.2) is 54.6 Å². The second-order valence-electron chi connectivity index (χ2n) is 5.41. The largest absolute Gasteiger partial charge is 0.416 e. The molecule has 25 heavy (non-hydrogen) atoms. The zero-order valence-electron chi connectivity index (χ0n) is 12.7. The van der Waals surface area contributed by atoms with E-state index in [1.165, 1.54) is 12.1 Å². The van der Waals surface area contributed by atoms with Gasteiger partial charge >= 0.3 is 12.1 Å². The van der Waals surface area contributed by atoms with E-state index in [-0.39, 0.29) is 0 Å². The molecule has 0 aromatic heterocycles. The third kappa shape index (κ3) is 4.41. The maximum absolute atomic E-state index is 14.2. The molecule has 2 nitrogen and oxygen atoms in total. The molecule has 0 amide bonds. The first-order chi connectivity index (χ1) is 11.6. The molecule has 7 heteroatoms. The van der Waals surface area contributed by atoms with Gasteiger partial charge in [-0.25, -0.2) is 0 Å². The molecule has 0 bridgehead atoms. The van der Waals surface area contributed by atoms with Crippen molar-refractivity contribution in [2.24, 2.45) is 0 Å². The van der Waals surface area contributed by atoms with Crippen molar-refractivity contribution in [3.05, 3.63) is 71.3 Å². The Morgan fingerprint density at radius 2 is 1.52 bits per heavy atom. The zero-order valence-corrected chi connectivity index (χ0v) is 12.7. The van der Waals surface area contributed by atoms with E-state index in [4.69, 9.17) is 5.26 Å². The predicted molar refractivity (Wildman–Crippen MR) is 80.1 cm³/mol. The van der Waals surface area contributed by atoms with Crippen LogP contribution in [0.5, 0.6) is 0 Å². The standard InChI is InChI=1S/C18H12F5NO/c19-17(20,10-14(11-24)12-4-2-1-3-5-12)16(25)13-6-8-15(9-7-13)18(21,22)23/h1-9,14H,10H2/t14-/m1/s1. The number of alkyl halides is 5. The highest BCUT2D eigenvalue weighted by molar-refractivity contribution is 6.01. The minimum absolute atomic E-state index is 0.338. The highest BCUT2D eigenvalue weighted by atomic mass is 19.4. The summed E-state index contributed by atoms with van der Waals surface area (Å²) < 4.78 is 65.9. The van der Waals surface area contributed by atoms with Crippen molar-refractivity contribution in [3.63, 3.8) is 0 Å². The van der Waals surface area contributed by atoms with E-state index in [0.29, 0.717) is 29.8 Å². The summed E-state index contributed by atoms with van der Waals surface area (Å²) in [7, 11) is 0. The van der Waals surface area contributed by atoms with Gasteiger partial charge in [0.25, 0.3) is 0 Å². The fraction of sp³-hybridized carbons (Fsp3) is 0.222. The third-order valence-corrected chi connectivity index (χ3v) is 3.62. The molecule has 2 rings (SSSR count). The minimum Gasteiger partial charge on any atom is -0.287 e. The lowest BCUT2D eigenvalue weighted by atomic mass is 9.90. The number of rotatable bonds is 5. The number of benzene rings is 2. The Morgan fingerprint density at radius 3 is 2.00 bits per heavy atom. The second kappa shape index (κ2) is 7.01. The summed E-state index contributed by atoms with van der Waals surface area (Å²) in [4.78, 5) is 12.0. The maximum Gasteiger partial charge on any atom is 0.416 e. The summed E-state index contributed by atoms with van der Waals surface area (Å²) in [6, 6.07) is 12.1. The molecule has 0 fully saturated rings. The Balaban J connectivity index is 2.21. The molecule has 2 aromatic carbocycles. The number of nitrogens with zero attached hydrogens (tertiary/aromatic N) is 1. The van der Waals surface area contributed by atoms with E-state index < -0.39 is 41.3 Å². The number of halogens is 5. The monoisotopic (exact) mass is 353 g/mol. The molecule has 0 heterocycles. The van der Waals surface area contributed by atoms with Crippen LogP contribution in [0.1, 0.15) is 33.8 Å². The maximum atomic E-state index is 14.2. The summed E-state index contributed by atoms with van der Waals surface area (Å²) >= 11 is 0. The molecular formula is C18H12F5NO. The van der Waals surface area contributed by atoms with Gasteiger partial charge in [-0.2, -0.15) is 27.2 Å². The van der Waals surface area contributed by atoms with Gasteiger partial charge in [0.1, 0.15) is 0 Å². The van der Waals surface area contributed by atoms with E-state index in [1.54, 1.807) is 24.3 Å². The number of nitriles is 1. The lowest BCUT2D eigenvalue weighted by Gasteiger charge is -2.18. The second-order valence-corrected chi connectivity index (χ2v) is 5.41. The predicted octanol–water partition coefficient (Wildman–Crippen LogP) is 5.22. The Labute approximate surface area is 140 Å². The van der Waals surface area contributed by atoms with Gasteiger partial charge in [-0.15, -0.1) is 0 Å². The van der Waals surface area contributed by atoms with Crippen molar-refractivity contribution in [1.82, 2.24) is 0 Å². The average molecular weight is 353 g/mol. The average Bonchev–Trinajstić information content (AvgIpc) is 2.59. The quantitative estimate of drug-likeness (QED) is 0.546. The third-order valence-electron chi connectivity index (χ3n) is 3.62. The van der Waals surface area contributed by atoms with Gasteiger partial charge in [-0.3, -0.25) is 4.79 Å². The molecule has 0 unspecified atom stereocenters. The van der Waals surface area contributed by atoms with Crippen LogP contribution in [0, 0.1) is 11.3 Å². The number of carbonyl (C=O) groups is 1. The van der Waals surface area contributed by atoms with Crippen LogP contribution < -0.4 is 0 Å². The highest BCUT2D eigenvalue weighted by Gasteiger charge is 2.42. The van der Waals surface area contributed by atoms with Crippen LogP contribution in [-0.2, 0) is 6.18 Å². The number of carbonyl (C=O) groups excluding carboxylic acids is 1. The fourth-order valence-corrected chi connectivity index (χ4v) is 2.29. The molecule has 0 aliphatic heterocycles. The lowest BCUT2D eigenvalue weighted by Crippen LogP contribution is -2.30. The topological polar surface area (TPSA) is 40.9 Å². The van der Waals surface area contributed by atoms with E-state index >= 15 is 0 Å². The SMILES string of the molecule is N#C[C@@H](CC(F)(F)C(=O)c1ccc(C(F)(F)F)cc1)c1ccccc1. The smallest absolute Gasteiger partial charge is 0.287 e. The van der Waals surface area contributed by atoms with Gasteiger partial charge in [0.05, 0.1) is 17.6 Å². The van der Waals surface area contributed by atoms with Crippen LogP contribution >= 0.6 is 0 Å². The minimum atomic E-state index is -4.62. The molecule has 0 aliphatic rings. The van der Waals surface area contributed by atoms with Crippen LogP contribution in [0.3, 0.4) is 0 Å². The first kappa shape index (κ1) is 18.6. The summed E-state index contributed by atoms with van der Waals surface area (Å²) in [5.41, 5.74) is -1.24. The molecule has 0 saturated heterocycles. The van der Waals surface area contributed by atoms with Crippen molar-refractivity contribution in [3.8, 4) is 6.07 Å². The van der Waals surface area contributed by atoms with Gasteiger partial charge in [0, 0.05) is 12.0 Å². The first-order valence-corrected chi connectivity index (χ1v) is 7.19. The van der Waals surface area contributed by atoms with Crippen LogP contribution in [0.2, 0.25) is 0 Å². The lowest BCUT2D eigenvalue weighted by molar-refractivity contribution is -0.137. The molecule has 1 atom stereocenters. The van der Waals surface area contributed by atoms with Gasteiger partial charge in [0.15, 0.2) is 0 Å². The molecule has 0 aliphatic carbocycles. The molecule has 0 radical (unpaired) electrons. The Bertz CT molecular complexity index is 776.